The summed E-state index contributed by atoms with van der Waals surface area (Å²) in [6, 6.07) is 7.67. The van der Waals surface area contributed by atoms with E-state index in [2.05, 4.69) is 17.3 Å². The Morgan fingerprint density at radius 2 is 2.21 bits per heavy atom. The van der Waals surface area contributed by atoms with Gasteiger partial charge in [-0.3, -0.25) is 4.68 Å². The molecule has 1 aromatic carbocycles. The van der Waals surface area contributed by atoms with Gasteiger partial charge in [0.25, 0.3) is 0 Å². The predicted octanol–water partition coefficient (Wildman–Crippen LogP) is 2.78. The van der Waals surface area contributed by atoms with Crippen molar-refractivity contribution in [3.8, 4) is 5.75 Å². The molecule has 0 saturated heterocycles. The third-order valence-corrected chi connectivity index (χ3v) is 3.18. The Bertz CT molecular complexity index is 553. The number of nitrogens with zero attached hydrogens (tertiary/aromatic N) is 2. The number of hydrogen-bond donors (Lipinski definition) is 1. The second-order valence-corrected chi connectivity index (χ2v) is 4.73. The third-order valence-electron chi connectivity index (χ3n) is 2.94. The van der Waals surface area contributed by atoms with E-state index in [0.717, 1.165) is 23.6 Å². The van der Waals surface area contributed by atoms with Crippen LogP contribution in [0, 0.1) is 0 Å². The minimum absolute atomic E-state index is 0.00147. The van der Waals surface area contributed by atoms with E-state index in [9.17, 15) is 0 Å². The largest absolute Gasteiger partial charge is 0.496 e. The van der Waals surface area contributed by atoms with Crippen LogP contribution in [-0.2, 0) is 7.05 Å². The van der Waals surface area contributed by atoms with E-state index in [1.165, 1.54) is 0 Å². The highest BCUT2D eigenvalue weighted by molar-refractivity contribution is 6.30. The zero-order valence-electron chi connectivity index (χ0n) is 11.4. The molecule has 0 spiro atoms. The summed E-state index contributed by atoms with van der Waals surface area (Å²) in [4.78, 5) is 0. The van der Waals surface area contributed by atoms with Crippen molar-refractivity contribution >= 4 is 11.6 Å². The standard InChI is InChI=1S/C14H18ClN3O/c1-4-16-14(12-7-8-18(2)17-12)11-6-5-10(15)9-13(11)19-3/h5-9,14,16H,4H2,1-3H3. The van der Waals surface area contributed by atoms with E-state index < -0.39 is 0 Å². The van der Waals surface area contributed by atoms with Crippen LogP contribution in [0.4, 0.5) is 0 Å². The maximum atomic E-state index is 6.01. The van der Waals surface area contributed by atoms with Crippen molar-refractivity contribution in [3.63, 3.8) is 0 Å². The summed E-state index contributed by atoms with van der Waals surface area (Å²) in [7, 11) is 3.56. The fraction of sp³-hybridized carbons (Fsp3) is 0.357. The molecule has 0 aliphatic rings. The SMILES string of the molecule is CCNC(c1ccn(C)n1)c1ccc(Cl)cc1OC. The first-order chi connectivity index (χ1) is 9.15. The van der Waals surface area contributed by atoms with Gasteiger partial charge in [-0.2, -0.15) is 5.10 Å². The lowest BCUT2D eigenvalue weighted by Gasteiger charge is -2.19. The molecule has 5 heteroatoms. The zero-order valence-corrected chi connectivity index (χ0v) is 12.1. The number of methoxy groups -OCH3 is 1. The van der Waals surface area contributed by atoms with Crippen molar-refractivity contribution in [2.45, 2.75) is 13.0 Å². The van der Waals surface area contributed by atoms with Crippen molar-refractivity contribution in [2.24, 2.45) is 7.05 Å². The lowest BCUT2D eigenvalue weighted by molar-refractivity contribution is 0.403. The summed E-state index contributed by atoms with van der Waals surface area (Å²) in [5.74, 6) is 0.768. The molecule has 0 fully saturated rings. The van der Waals surface area contributed by atoms with Gasteiger partial charge in [-0.05, 0) is 24.7 Å². The number of halogens is 1. The summed E-state index contributed by atoms with van der Waals surface area (Å²) < 4.78 is 7.22. The fourth-order valence-electron chi connectivity index (χ4n) is 2.09. The van der Waals surface area contributed by atoms with Crippen molar-refractivity contribution in [3.05, 3.63) is 46.7 Å². The minimum Gasteiger partial charge on any atom is -0.496 e. The Labute approximate surface area is 118 Å². The number of rotatable bonds is 5. The van der Waals surface area contributed by atoms with Crippen LogP contribution in [0.2, 0.25) is 5.02 Å². The topological polar surface area (TPSA) is 39.1 Å². The van der Waals surface area contributed by atoms with Gasteiger partial charge in [0.05, 0.1) is 18.8 Å². The van der Waals surface area contributed by atoms with Crippen molar-refractivity contribution < 1.29 is 4.74 Å². The van der Waals surface area contributed by atoms with Gasteiger partial charge in [0, 0.05) is 23.8 Å². The van der Waals surface area contributed by atoms with Crippen LogP contribution in [-0.4, -0.2) is 23.4 Å². The molecule has 1 heterocycles. The normalized spacial score (nSPS) is 12.4. The lowest BCUT2D eigenvalue weighted by Crippen LogP contribution is -2.23. The molecule has 1 N–H and O–H groups in total. The molecule has 0 radical (unpaired) electrons. The molecule has 0 aliphatic carbocycles. The third kappa shape index (κ3) is 3.08. The quantitative estimate of drug-likeness (QED) is 0.915. The van der Waals surface area contributed by atoms with Gasteiger partial charge >= 0.3 is 0 Å². The molecule has 0 aliphatic heterocycles. The van der Waals surface area contributed by atoms with Crippen molar-refractivity contribution in [1.29, 1.82) is 0 Å². The van der Waals surface area contributed by atoms with Gasteiger partial charge in [0.1, 0.15) is 5.75 Å². The Morgan fingerprint density at radius 3 is 2.79 bits per heavy atom. The molecule has 1 atom stereocenters. The first kappa shape index (κ1) is 13.9. The second-order valence-electron chi connectivity index (χ2n) is 4.29. The molecule has 102 valence electrons. The van der Waals surface area contributed by atoms with Gasteiger partial charge < -0.3 is 10.1 Å². The van der Waals surface area contributed by atoms with Crippen LogP contribution < -0.4 is 10.1 Å². The molecular weight excluding hydrogens is 262 g/mol. The van der Waals surface area contributed by atoms with Crippen molar-refractivity contribution in [2.75, 3.05) is 13.7 Å². The average Bonchev–Trinajstić information content (AvgIpc) is 2.82. The summed E-state index contributed by atoms with van der Waals surface area (Å²) >= 11 is 6.01. The van der Waals surface area contributed by atoms with E-state index in [1.54, 1.807) is 11.8 Å². The Hall–Kier alpha value is -1.52. The highest BCUT2D eigenvalue weighted by atomic mass is 35.5. The van der Waals surface area contributed by atoms with Crippen LogP contribution in [0.1, 0.15) is 24.2 Å². The summed E-state index contributed by atoms with van der Waals surface area (Å²) in [6.07, 6.45) is 1.93. The molecule has 1 aromatic heterocycles. The molecule has 4 nitrogen and oxygen atoms in total. The summed E-state index contributed by atoms with van der Waals surface area (Å²) in [5, 5.41) is 8.56. The maximum Gasteiger partial charge on any atom is 0.125 e. The monoisotopic (exact) mass is 279 g/mol. The van der Waals surface area contributed by atoms with Gasteiger partial charge in [-0.1, -0.05) is 24.6 Å². The zero-order chi connectivity index (χ0) is 13.8. The molecular formula is C14H18ClN3O. The number of ether oxygens (including phenoxy) is 1. The maximum absolute atomic E-state index is 6.01. The number of aryl methyl sites for hydroxylation is 1. The molecule has 2 rings (SSSR count). The second kappa shape index (κ2) is 6.08. The highest BCUT2D eigenvalue weighted by Crippen LogP contribution is 2.31. The molecule has 0 bridgehead atoms. The Balaban J connectivity index is 2.44. The van der Waals surface area contributed by atoms with Crippen LogP contribution in [0.25, 0.3) is 0 Å². The molecule has 1 unspecified atom stereocenters. The van der Waals surface area contributed by atoms with Crippen LogP contribution in [0.3, 0.4) is 0 Å². The van der Waals surface area contributed by atoms with Crippen LogP contribution >= 0.6 is 11.6 Å². The smallest absolute Gasteiger partial charge is 0.125 e. The summed E-state index contributed by atoms with van der Waals surface area (Å²) in [6.45, 7) is 2.91. The van der Waals surface area contributed by atoms with Gasteiger partial charge in [-0.15, -0.1) is 0 Å². The Morgan fingerprint density at radius 1 is 1.42 bits per heavy atom. The van der Waals surface area contributed by atoms with Gasteiger partial charge in [-0.25, -0.2) is 0 Å². The van der Waals surface area contributed by atoms with E-state index in [1.807, 2.05) is 37.5 Å². The Kier molecular flexibility index (Phi) is 4.45. The average molecular weight is 280 g/mol. The fourth-order valence-corrected chi connectivity index (χ4v) is 2.25. The summed E-state index contributed by atoms with van der Waals surface area (Å²) in [5.41, 5.74) is 2.00. The molecule has 0 amide bonds. The molecule has 0 saturated carbocycles. The van der Waals surface area contributed by atoms with Gasteiger partial charge in [0.2, 0.25) is 0 Å². The van der Waals surface area contributed by atoms with Gasteiger partial charge in [0.15, 0.2) is 0 Å². The first-order valence-electron chi connectivity index (χ1n) is 6.22. The molecule has 19 heavy (non-hydrogen) atoms. The van der Waals surface area contributed by atoms with E-state index in [0.29, 0.717) is 5.02 Å². The highest BCUT2D eigenvalue weighted by Gasteiger charge is 2.19. The van der Waals surface area contributed by atoms with E-state index >= 15 is 0 Å². The van der Waals surface area contributed by atoms with E-state index in [4.69, 9.17) is 16.3 Å². The molecule has 2 aromatic rings. The van der Waals surface area contributed by atoms with E-state index in [-0.39, 0.29) is 6.04 Å². The number of benzene rings is 1. The van der Waals surface area contributed by atoms with Crippen molar-refractivity contribution in [1.82, 2.24) is 15.1 Å². The number of aromatic nitrogens is 2. The number of hydrogen-bond acceptors (Lipinski definition) is 3. The predicted molar refractivity (Wildman–Crippen MR) is 76.7 cm³/mol. The lowest BCUT2D eigenvalue weighted by atomic mass is 10.0. The number of nitrogens with one attached hydrogen (secondary N) is 1. The van der Waals surface area contributed by atoms with Crippen LogP contribution in [0.5, 0.6) is 5.75 Å². The first-order valence-corrected chi connectivity index (χ1v) is 6.60. The van der Waals surface area contributed by atoms with Crippen LogP contribution in [0.15, 0.2) is 30.5 Å². The minimum atomic E-state index is -0.00147.